The van der Waals surface area contributed by atoms with E-state index < -0.39 is 23.5 Å². The van der Waals surface area contributed by atoms with Crippen molar-refractivity contribution < 1.29 is 48.0 Å². The number of likely N-dealkylation sites (tertiary alicyclic amines) is 1. The number of aliphatic hydroxyl groups is 1. The lowest BCUT2D eigenvalue weighted by atomic mass is 9.73. The molecule has 1 saturated heterocycles. The summed E-state index contributed by atoms with van der Waals surface area (Å²) in [6, 6.07) is 31.8. The standard InChI is InChI=1S/C68H84N8O10S/c1-46-62(87-45-72-46)49-17-14-47(15-18-49)16-25-61(80)60-43-55(79)44-75(60)66(81)57(67(2,3)4)42-54(78)27-32-83-34-36-85-38-40-86-39-37-84-35-33-82-31-26-53(77)12-6-10-48-9-5-11-50(41-48)58-23-24-59-65(73-58)76(64(74-59)56-13-7-30-71-63(56)69)52-21-19-51(20-22-52)68(70)28-8-29-68/h5,7,9,11,13-15,17-24,30,41,45,55,57,60,79H,6,8,10,12,16,25-29,31-40,42-44,70H2,1-4H3,(H2,69,71)/t55-,57-,60+/m1/s1. The molecule has 1 saturated carbocycles. The number of rotatable bonds is 34. The number of carbonyl (C=O) groups excluding carboxylic acids is 4. The van der Waals surface area contributed by atoms with Gasteiger partial charge in [0.1, 0.15) is 22.9 Å². The number of benzene rings is 3. The van der Waals surface area contributed by atoms with E-state index in [4.69, 9.17) is 45.1 Å². The number of β-amino-alcohol motifs (C(OH)–C–C–N with tert-alkyl or cyclic N) is 1. The maximum Gasteiger partial charge on any atom is 0.227 e. The van der Waals surface area contributed by atoms with Gasteiger partial charge in [0.05, 0.1) is 106 Å². The number of nitrogens with two attached hydrogens (primary N) is 2. The van der Waals surface area contributed by atoms with Gasteiger partial charge in [0.25, 0.3) is 0 Å². The number of aryl methyl sites for hydroxylation is 3. The zero-order valence-corrected chi connectivity index (χ0v) is 51.6. The quantitative estimate of drug-likeness (QED) is 0.0318. The van der Waals surface area contributed by atoms with Gasteiger partial charge < -0.3 is 45.2 Å². The summed E-state index contributed by atoms with van der Waals surface area (Å²) in [5, 5.41) is 10.6. The van der Waals surface area contributed by atoms with Gasteiger partial charge in [-0.05, 0) is 116 Å². The zero-order chi connectivity index (χ0) is 61.3. The van der Waals surface area contributed by atoms with Crippen LogP contribution in [-0.2, 0) is 61.2 Å². The van der Waals surface area contributed by atoms with E-state index in [0.717, 1.165) is 93.0 Å². The van der Waals surface area contributed by atoms with Gasteiger partial charge in [-0.15, -0.1) is 11.3 Å². The van der Waals surface area contributed by atoms with Crippen LogP contribution in [0.3, 0.4) is 0 Å². The van der Waals surface area contributed by atoms with Crippen molar-refractivity contribution in [3.05, 3.63) is 131 Å². The maximum absolute atomic E-state index is 14.1. The van der Waals surface area contributed by atoms with E-state index in [2.05, 4.69) is 52.4 Å². The van der Waals surface area contributed by atoms with Gasteiger partial charge in [-0.3, -0.25) is 23.7 Å². The molecule has 0 unspecified atom stereocenters. The number of ether oxygens (including phenoxy) is 5. The third-order valence-electron chi connectivity index (χ3n) is 16.5. The summed E-state index contributed by atoms with van der Waals surface area (Å²) in [5.74, 6) is 0.0768. The summed E-state index contributed by atoms with van der Waals surface area (Å²) in [5.41, 5.74) is 24.2. The molecule has 4 aromatic heterocycles. The molecule has 18 nitrogen and oxygen atoms in total. The number of aliphatic hydroxyl groups excluding tert-OH is 1. The van der Waals surface area contributed by atoms with Crippen molar-refractivity contribution >= 4 is 51.6 Å². The Hall–Kier alpha value is -6.94. The number of nitrogen functional groups attached to an aromatic ring is 1. The Balaban J connectivity index is 0.594. The molecule has 0 radical (unpaired) electrons. The second-order valence-electron chi connectivity index (χ2n) is 23.9. The molecule has 9 rings (SSSR count). The van der Waals surface area contributed by atoms with Gasteiger partial charge in [0.2, 0.25) is 5.91 Å². The molecule has 1 aliphatic heterocycles. The molecule has 3 atom stereocenters. The van der Waals surface area contributed by atoms with E-state index >= 15 is 0 Å². The monoisotopic (exact) mass is 1200 g/mol. The molecule has 87 heavy (non-hydrogen) atoms. The number of hydrogen-bond acceptors (Lipinski definition) is 17. The molecule has 462 valence electrons. The molecule has 0 spiro atoms. The summed E-state index contributed by atoms with van der Waals surface area (Å²) in [7, 11) is 0. The minimum atomic E-state index is -0.802. The Morgan fingerprint density at radius 2 is 1.39 bits per heavy atom. The highest BCUT2D eigenvalue weighted by Crippen LogP contribution is 2.40. The smallest absolute Gasteiger partial charge is 0.227 e. The van der Waals surface area contributed by atoms with Crippen molar-refractivity contribution in [2.24, 2.45) is 17.1 Å². The first-order valence-electron chi connectivity index (χ1n) is 30.6. The molecule has 5 heterocycles. The fourth-order valence-corrected chi connectivity index (χ4v) is 12.1. The van der Waals surface area contributed by atoms with Gasteiger partial charge in [0.15, 0.2) is 17.3 Å². The van der Waals surface area contributed by atoms with Crippen LogP contribution in [0.25, 0.3) is 49.9 Å². The third-order valence-corrected chi connectivity index (χ3v) is 17.5. The zero-order valence-electron chi connectivity index (χ0n) is 50.8. The van der Waals surface area contributed by atoms with E-state index in [-0.39, 0.29) is 67.6 Å². The number of Topliss-reactive ketones (excluding diaryl/α,β-unsaturated/α-hetero) is 3. The second kappa shape index (κ2) is 30.8. The van der Waals surface area contributed by atoms with Crippen molar-refractivity contribution in [1.29, 1.82) is 0 Å². The van der Waals surface area contributed by atoms with E-state index in [1.165, 1.54) is 4.90 Å². The van der Waals surface area contributed by atoms with Gasteiger partial charge >= 0.3 is 0 Å². The van der Waals surface area contributed by atoms with Crippen LogP contribution < -0.4 is 11.5 Å². The Bertz CT molecular complexity index is 3410. The Morgan fingerprint density at radius 1 is 0.724 bits per heavy atom. The van der Waals surface area contributed by atoms with E-state index in [0.29, 0.717) is 96.0 Å². The minimum Gasteiger partial charge on any atom is -0.391 e. The van der Waals surface area contributed by atoms with Crippen LogP contribution in [0.5, 0.6) is 0 Å². The SMILES string of the molecule is Cc1ncsc1-c1ccc(CCC(=O)[C@@H]2C[C@@H](O)CN2C(=O)[C@@H](CC(=O)CCOCCOCCOCCOCCOCCC(=O)CCCc2cccc(-c3ccc4nc(-c5cccnc5N)n(-c5ccc(C6(N)CCC6)cc5)c4n3)c2)C(C)(C)C)cc1. The van der Waals surface area contributed by atoms with Crippen LogP contribution >= 0.6 is 11.3 Å². The second-order valence-corrected chi connectivity index (χ2v) is 24.8. The van der Waals surface area contributed by atoms with Gasteiger partial charge in [-0.2, -0.15) is 0 Å². The number of hydrogen-bond donors (Lipinski definition) is 3. The van der Waals surface area contributed by atoms with Crippen LogP contribution in [-0.4, -0.2) is 143 Å². The lowest BCUT2D eigenvalue weighted by molar-refractivity contribution is -0.146. The molecule has 3 aromatic carbocycles. The topological polar surface area (TPSA) is 246 Å². The van der Waals surface area contributed by atoms with E-state index in [1.54, 1.807) is 17.5 Å². The molecule has 7 aromatic rings. The van der Waals surface area contributed by atoms with E-state index in [1.807, 2.05) is 92.4 Å². The Morgan fingerprint density at radius 3 is 2.01 bits per heavy atom. The number of ketones is 3. The fourth-order valence-electron chi connectivity index (χ4n) is 11.3. The van der Waals surface area contributed by atoms with Crippen LogP contribution in [0.2, 0.25) is 0 Å². The molecular formula is C68H84N8O10S. The molecule has 0 bridgehead atoms. The highest BCUT2D eigenvalue weighted by Gasteiger charge is 2.44. The number of aromatic nitrogens is 5. The van der Waals surface area contributed by atoms with Crippen LogP contribution in [0.15, 0.2) is 109 Å². The van der Waals surface area contributed by atoms with E-state index in [9.17, 15) is 24.3 Å². The summed E-state index contributed by atoms with van der Waals surface area (Å²) in [6.45, 7) is 11.3. The normalized spacial score (nSPS) is 16.1. The highest BCUT2D eigenvalue weighted by atomic mass is 32.1. The van der Waals surface area contributed by atoms with Crippen molar-refractivity contribution in [3.63, 3.8) is 0 Å². The van der Waals surface area contributed by atoms with Crippen molar-refractivity contribution in [2.75, 3.05) is 78.3 Å². The first kappa shape index (κ1) is 64.5. The number of thiazole rings is 1. The Kier molecular flexibility index (Phi) is 22.8. The van der Waals surface area contributed by atoms with Crippen molar-refractivity contribution in [2.45, 2.75) is 122 Å². The number of imidazole rings is 1. The lowest BCUT2D eigenvalue weighted by Crippen LogP contribution is -2.47. The molecule has 1 amide bonds. The molecular weight excluding hydrogens is 1120 g/mol. The maximum atomic E-state index is 14.1. The summed E-state index contributed by atoms with van der Waals surface area (Å²) < 4.78 is 30.2. The molecule has 5 N–H and O–H groups in total. The number of amides is 1. The predicted octanol–water partition coefficient (Wildman–Crippen LogP) is 10.0. The number of fused-ring (bicyclic) bond motifs is 1. The van der Waals surface area contributed by atoms with Crippen LogP contribution in [0.4, 0.5) is 5.82 Å². The average molecular weight is 1210 g/mol. The average Bonchev–Trinajstić information content (AvgIpc) is 1.89. The number of pyridine rings is 2. The first-order chi connectivity index (χ1) is 42.0. The fraction of sp³-hybridized carbons (Fsp3) is 0.471. The largest absolute Gasteiger partial charge is 0.391 e. The molecule has 1 aliphatic carbocycles. The summed E-state index contributed by atoms with van der Waals surface area (Å²) >= 11 is 1.59. The molecule has 2 aliphatic rings. The first-order valence-corrected chi connectivity index (χ1v) is 31.4. The Labute approximate surface area is 514 Å². The lowest BCUT2D eigenvalue weighted by Gasteiger charge is -2.38. The van der Waals surface area contributed by atoms with Gasteiger partial charge in [0, 0.05) is 74.0 Å². The third kappa shape index (κ3) is 17.4. The summed E-state index contributed by atoms with van der Waals surface area (Å²) in [4.78, 5) is 75.1. The molecule has 19 heteroatoms. The van der Waals surface area contributed by atoms with Crippen LogP contribution in [0, 0.1) is 18.3 Å². The minimum absolute atomic E-state index is 0.0194. The summed E-state index contributed by atoms with van der Waals surface area (Å²) in [6.07, 6.45) is 7.36. The number of anilines is 1. The van der Waals surface area contributed by atoms with Crippen molar-refractivity contribution in [1.82, 2.24) is 29.4 Å². The van der Waals surface area contributed by atoms with Crippen molar-refractivity contribution in [3.8, 4) is 38.8 Å². The highest BCUT2D eigenvalue weighted by molar-refractivity contribution is 7.13. The molecule has 2 fully saturated rings. The van der Waals surface area contributed by atoms with Gasteiger partial charge in [-0.1, -0.05) is 75.4 Å². The predicted molar refractivity (Wildman–Crippen MR) is 337 cm³/mol. The van der Waals surface area contributed by atoms with Crippen LogP contribution in [0.1, 0.15) is 107 Å². The number of carbonyl (C=O) groups is 4. The van der Waals surface area contributed by atoms with Gasteiger partial charge in [-0.25, -0.2) is 19.9 Å². The number of nitrogens with zero attached hydrogens (tertiary/aromatic N) is 6.